The molecule has 0 aromatic carbocycles. The van der Waals surface area contributed by atoms with E-state index >= 15 is 0 Å². The number of aliphatic carboxylic acids is 1. The number of hydrogen-bond donors (Lipinski definition) is 2. The lowest BCUT2D eigenvalue weighted by molar-refractivity contribution is -0.141. The number of carboxylic acid groups (broad SMARTS) is 1. The van der Waals surface area contributed by atoms with Crippen LogP contribution in [0.2, 0.25) is 0 Å². The highest BCUT2D eigenvalue weighted by Crippen LogP contribution is 2.60. The van der Waals surface area contributed by atoms with Gasteiger partial charge in [0.1, 0.15) is 6.04 Å². The molecular weight excluding hydrogens is 300 g/mol. The van der Waals surface area contributed by atoms with Gasteiger partial charge in [-0.15, -0.1) is 0 Å². The number of nitrogens with one attached hydrogen (secondary N) is 1. The quantitative estimate of drug-likeness (QED) is 0.783. The van der Waals surface area contributed by atoms with Crippen LogP contribution in [0.4, 0.5) is 4.79 Å². The van der Waals surface area contributed by atoms with Gasteiger partial charge in [0, 0.05) is 11.3 Å². The lowest BCUT2D eigenvalue weighted by atomic mass is 9.56. The fourth-order valence-electron chi connectivity index (χ4n) is 5.63. The van der Waals surface area contributed by atoms with Crippen LogP contribution in [-0.4, -0.2) is 39.3 Å². The van der Waals surface area contributed by atoms with Crippen molar-refractivity contribution in [2.45, 2.75) is 62.2 Å². The number of carbonyl (C=O) groups excluding carboxylic acids is 1. The molecule has 1 aliphatic heterocycles. The van der Waals surface area contributed by atoms with Crippen molar-refractivity contribution in [1.29, 1.82) is 0 Å². The van der Waals surface area contributed by atoms with Gasteiger partial charge in [-0.1, -0.05) is 0 Å². The molecule has 6 heteroatoms. The summed E-state index contributed by atoms with van der Waals surface area (Å²) in [5.41, 5.74) is 0. The minimum absolute atomic E-state index is 0.203. The summed E-state index contributed by atoms with van der Waals surface area (Å²) in [6.07, 6.45) is 9.21. The van der Waals surface area contributed by atoms with E-state index in [0.717, 1.165) is 24.2 Å². The molecule has 2 amide bonds. The SMILES string of the molecule is O=C(O)[C@@H]1CCCN1C(=O)NSC12CC3CC(CC(C3)C1)C2. The van der Waals surface area contributed by atoms with Gasteiger partial charge in [0.25, 0.3) is 0 Å². The summed E-state index contributed by atoms with van der Waals surface area (Å²) in [5.74, 6) is 1.69. The standard InChI is InChI=1S/C16H24N2O3S/c19-14(20)13-2-1-3-18(13)15(21)17-22-16-7-10-4-11(8-16)6-12(5-10)9-16/h10-13H,1-9H2,(H,17,21)(H,19,20)/t10?,11?,12?,13-,16?/m0/s1. The molecule has 2 N–H and O–H groups in total. The zero-order valence-electron chi connectivity index (χ0n) is 12.8. The number of likely N-dealkylation sites (tertiary alicyclic amines) is 1. The lowest BCUT2D eigenvalue weighted by Crippen LogP contribution is -2.51. The predicted molar refractivity (Wildman–Crippen MR) is 84.4 cm³/mol. The number of carboxylic acids is 1. The number of urea groups is 1. The van der Waals surface area contributed by atoms with Crippen LogP contribution in [-0.2, 0) is 4.79 Å². The molecule has 5 nitrogen and oxygen atoms in total. The van der Waals surface area contributed by atoms with Gasteiger partial charge in [0.05, 0.1) is 0 Å². The van der Waals surface area contributed by atoms with E-state index in [4.69, 9.17) is 0 Å². The molecule has 1 heterocycles. The molecule has 0 aromatic heterocycles. The van der Waals surface area contributed by atoms with E-state index in [1.807, 2.05) is 0 Å². The smallest absolute Gasteiger partial charge is 0.328 e. The highest BCUT2D eigenvalue weighted by atomic mass is 32.2. The maximum atomic E-state index is 12.4. The van der Waals surface area contributed by atoms with Gasteiger partial charge in [-0.3, -0.25) is 4.72 Å². The minimum atomic E-state index is -0.882. The highest BCUT2D eigenvalue weighted by molar-refractivity contribution is 7.99. The van der Waals surface area contributed by atoms with Crippen LogP contribution in [0.5, 0.6) is 0 Å². The molecule has 1 saturated heterocycles. The van der Waals surface area contributed by atoms with E-state index in [2.05, 4.69) is 4.72 Å². The van der Waals surface area contributed by atoms with Crippen LogP contribution in [0.1, 0.15) is 51.4 Å². The van der Waals surface area contributed by atoms with Crippen molar-refractivity contribution in [3.05, 3.63) is 0 Å². The second-order valence-electron chi connectivity index (χ2n) is 7.80. The molecular formula is C16H24N2O3S. The van der Waals surface area contributed by atoms with E-state index in [0.29, 0.717) is 13.0 Å². The normalized spacial score (nSPS) is 42.6. The Morgan fingerprint density at radius 2 is 1.68 bits per heavy atom. The average molecular weight is 324 g/mol. The molecule has 0 spiro atoms. The van der Waals surface area contributed by atoms with Gasteiger partial charge in [-0.25, -0.2) is 9.59 Å². The monoisotopic (exact) mass is 324 g/mol. The number of carbonyl (C=O) groups is 2. The molecule has 1 atom stereocenters. The van der Waals surface area contributed by atoms with E-state index in [-0.39, 0.29) is 10.8 Å². The van der Waals surface area contributed by atoms with Crippen LogP contribution in [0.25, 0.3) is 0 Å². The summed E-state index contributed by atoms with van der Waals surface area (Å²) in [6, 6.07) is -0.845. The zero-order chi connectivity index (χ0) is 15.3. The van der Waals surface area contributed by atoms with Crippen LogP contribution in [0.3, 0.4) is 0 Å². The Morgan fingerprint density at radius 1 is 1.09 bits per heavy atom. The summed E-state index contributed by atoms with van der Waals surface area (Å²) in [5, 5.41) is 9.20. The zero-order valence-corrected chi connectivity index (χ0v) is 13.6. The maximum Gasteiger partial charge on any atom is 0.328 e. The van der Waals surface area contributed by atoms with Gasteiger partial charge in [0.2, 0.25) is 0 Å². The Kier molecular flexibility index (Phi) is 3.55. The van der Waals surface area contributed by atoms with Gasteiger partial charge < -0.3 is 10.0 Å². The lowest BCUT2D eigenvalue weighted by Gasteiger charge is -2.56. The summed E-state index contributed by atoms with van der Waals surface area (Å²) in [7, 11) is 0. The van der Waals surface area contributed by atoms with Gasteiger partial charge in [-0.2, -0.15) is 0 Å². The second kappa shape index (κ2) is 5.32. The third kappa shape index (κ3) is 2.49. The average Bonchev–Trinajstić information content (AvgIpc) is 2.93. The Hall–Kier alpha value is -0.910. The summed E-state index contributed by atoms with van der Waals surface area (Å²) < 4.78 is 3.23. The highest BCUT2D eigenvalue weighted by Gasteiger charge is 2.52. The van der Waals surface area contributed by atoms with Crippen LogP contribution in [0.15, 0.2) is 0 Å². The second-order valence-corrected chi connectivity index (χ2v) is 9.07. The molecule has 4 saturated carbocycles. The maximum absolute atomic E-state index is 12.4. The molecule has 5 rings (SSSR count). The Bertz CT molecular complexity index is 460. The first-order chi connectivity index (χ1) is 10.5. The molecule has 5 aliphatic rings. The van der Waals surface area contributed by atoms with Crippen molar-refractivity contribution < 1.29 is 14.7 Å². The van der Waals surface area contributed by atoms with E-state index in [1.54, 1.807) is 11.9 Å². The van der Waals surface area contributed by atoms with Crippen molar-refractivity contribution >= 4 is 23.9 Å². The van der Waals surface area contributed by atoms with Crippen molar-refractivity contribution in [2.75, 3.05) is 6.54 Å². The molecule has 4 aliphatic carbocycles. The number of amides is 2. The van der Waals surface area contributed by atoms with Crippen LogP contribution >= 0.6 is 11.9 Å². The van der Waals surface area contributed by atoms with Crippen molar-refractivity contribution in [3.8, 4) is 0 Å². The topological polar surface area (TPSA) is 69.6 Å². The van der Waals surface area contributed by atoms with Gasteiger partial charge in [-0.05, 0) is 81.1 Å². The van der Waals surface area contributed by atoms with Gasteiger partial charge in [0.15, 0.2) is 0 Å². The fraction of sp³-hybridized carbons (Fsp3) is 0.875. The third-order valence-corrected chi connectivity index (χ3v) is 7.35. The number of nitrogens with zero attached hydrogens (tertiary/aromatic N) is 1. The molecule has 22 heavy (non-hydrogen) atoms. The Labute approximate surface area is 135 Å². The summed E-state index contributed by atoms with van der Waals surface area (Å²) in [4.78, 5) is 25.1. The third-order valence-electron chi connectivity index (χ3n) is 6.14. The van der Waals surface area contributed by atoms with Gasteiger partial charge >= 0.3 is 12.0 Å². The Balaban J connectivity index is 1.38. The molecule has 0 radical (unpaired) electrons. The predicted octanol–water partition coefficient (Wildman–Crippen LogP) is 2.86. The first-order valence-electron chi connectivity index (χ1n) is 8.52. The first-order valence-corrected chi connectivity index (χ1v) is 9.34. The number of hydrogen-bond acceptors (Lipinski definition) is 3. The largest absolute Gasteiger partial charge is 0.480 e. The van der Waals surface area contributed by atoms with Crippen molar-refractivity contribution in [1.82, 2.24) is 9.62 Å². The summed E-state index contributed by atoms with van der Waals surface area (Å²) >= 11 is 1.61. The molecule has 4 bridgehead atoms. The van der Waals surface area contributed by atoms with Crippen LogP contribution < -0.4 is 4.72 Å². The van der Waals surface area contributed by atoms with E-state index in [1.165, 1.54) is 43.4 Å². The number of rotatable bonds is 3. The summed E-state index contributed by atoms with van der Waals surface area (Å²) in [6.45, 7) is 0.560. The molecule has 122 valence electrons. The fourth-order valence-corrected chi connectivity index (χ4v) is 7.01. The first kappa shape index (κ1) is 14.7. The van der Waals surface area contributed by atoms with E-state index in [9.17, 15) is 14.7 Å². The van der Waals surface area contributed by atoms with E-state index < -0.39 is 12.0 Å². The minimum Gasteiger partial charge on any atom is -0.480 e. The molecule has 0 aromatic rings. The molecule has 5 fully saturated rings. The molecule has 0 unspecified atom stereocenters. The van der Waals surface area contributed by atoms with Crippen molar-refractivity contribution in [2.24, 2.45) is 17.8 Å². The van der Waals surface area contributed by atoms with Crippen molar-refractivity contribution in [3.63, 3.8) is 0 Å². The Morgan fingerprint density at radius 3 is 2.23 bits per heavy atom. The van der Waals surface area contributed by atoms with Crippen LogP contribution in [0, 0.1) is 17.8 Å².